The first-order valence-electron chi connectivity index (χ1n) is 9.83. The second kappa shape index (κ2) is 8.69. The molecule has 1 aliphatic heterocycles. The van der Waals surface area contributed by atoms with Crippen LogP contribution in [0.1, 0.15) is 38.3 Å². The van der Waals surface area contributed by atoms with Crippen LogP contribution < -0.4 is 5.32 Å². The van der Waals surface area contributed by atoms with Crippen LogP contribution in [0.15, 0.2) is 60.7 Å². The number of amides is 2. The Hall–Kier alpha value is -2.15. The van der Waals surface area contributed by atoms with Crippen molar-refractivity contribution in [1.29, 1.82) is 0 Å². The lowest BCUT2D eigenvalue weighted by Crippen LogP contribution is -2.17. The van der Waals surface area contributed by atoms with Crippen LogP contribution in [0.3, 0.4) is 0 Å². The molecule has 2 aromatic rings. The van der Waals surface area contributed by atoms with Gasteiger partial charge < -0.3 is 10.2 Å². The molecule has 1 fully saturated rings. The van der Waals surface area contributed by atoms with Crippen molar-refractivity contribution >= 4 is 40.1 Å². The molecule has 5 heteroatoms. The van der Waals surface area contributed by atoms with Gasteiger partial charge in [0.25, 0.3) is 5.91 Å². The van der Waals surface area contributed by atoms with E-state index in [1.807, 2.05) is 54.3 Å². The highest BCUT2D eigenvalue weighted by Gasteiger charge is 2.58. The third-order valence-corrected chi connectivity index (χ3v) is 5.95. The number of rotatable bonds is 8. The summed E-state index contributed by atoms with van der Waals surface area (Å²) in [6.07, 6.45) is 1.35. The molecule has 0 aliphatic carbocycles. The first-order chi connectivity index (χ1) is 13.7. The fraction of sp³-hybridized carbons (Fsp3) is 0.333. The minimum absolute atomic E-state index is 0.178. The van der Waals surface area contributed by atoms with E-state index in [2.05, 4.69) is 54.4 Å². The van der Waals surface area contributed by atoms with E-state index in [1.54, 1.807) is 0 Å². The molecular formula is C24H27IN2O2. The van der Waals surface area contributed by atoms with E-state index in [1.165, 1.54) is 0 Å². The van der Waals surface area contributed by atoms with Gasteiger partial charge in [0, 0.05) is 27.8 Å². The van der Waals surface area contributed by atoms with Gasteiger partial charge in [0.15, 0.2) is 0 Å². The van der Waals surface area contributed by atoms with Crippen LogP contribution in [0.2, 0.25) is 0 Å². The summed E-state index contributed by atoms with van der Waals surface area (Å²) in [5.74, 6) is 0.523. The van der Waals surface area contributed by atoms with Crippen molar-refractivity contribution in [1.82, 2.24) is 4.90 Å². The molecular weight excluding hydrogens is 475 g/mol. The van der Waals surface area contributed by atoms with Crippen molar-refractivity contribution in [2.75, 3.05) is 5.32 Å². The highest BCUT2D eigenvalue weighted by atomic mass is 127. The van der Waals surface area contributed by atoms with E-state index in [0.717, 1.165) is 26.8 Å². The van der Waals surface area contributed by atoms with Gasteiger partial charge in [-0.15, -0.1) is 0 Å². The summed E-state index contributed by atoms with van der Waals surface area (Å²) in [6, 6.07) is 15.7. The van der Waals surface area contributed by atoms with Crippen LogP contribution >= 0.6 is 22.6 Å². The maximum absolute atomic E-state index is 12.4. The highest BCUT2D eigenvalue weighted by molar-refractivity contribution is 14.1. The van der Waals surface area contributed by atoms with Crippen LogP contribution in [-0.2, 0) is 22.6 Å². The van der Waals surface area contributed by atoms with Gasteiger partial charge >= 0.3 is 0 Å². The molecule has 2 amide bonds. The third kappa shape index (κ3) is 5.26. The molecule has 29 heavy (non-hydrogen) atoms. The zero-order valence-electron chi connectivity index (χ0n) is 17.2. The molecule has 3 rings (SSSR count). The normalized spacial score (nSPS) is 18.1. The van der Waals surface area contributed by atoms with Crippen molar-refractivity contribution in [3.05, 3.63) is 75.4 Å². The van der Waals surface area contributed by atoms with Gasteiger partial charge in [-0.05, 0) is 77.2 Å². The molecule has 0 aromatic heterocycles. The fourth-order valence-corrected chi connectivity index (χ4v) is 4.10. The van der Waals surface area contributed by atoms with Gasteiger partial charge in [-0.1, -0.05) is 44.7 Å². The number of carbonyl (C=O) groups is 2. The number of carbonyl (C=O) groups excluding carboxylic acids is 2. The topological polar surface area (TPSA) is 49.2 Å². The average Bonchev–Trinajstić information content (AvgIpc) is 3.15. The summed E-state index contributed by atoms with van der Waals surface area (Å²) in [4.78, 5) is 26.7. The maximum atomic E-state index is 12.4. The molecule has 1 saturated heterocycles. The van der Waals surface area contributed by atoms with E-state index in [4.69, 9.17) is 0 Å². The Labute approximate surface area is 186 Å². The largest absolute Gasteiger partial charge is 0.322 e. The van der Waals surface area contributed by atoms with E-state index in [0.29, 0.717) is 24.5 Å². The van der Waals surface area contributed by atoms with E-state index in [9.17, 15) is 9.59 Å². The molecule has 1 aliphatic rings. The second-order valence-electron chi connectivity index (χ2n) is 8.32. The van der Waals surface area contributed by atoms with Crippen LogP contribution in [0.5, 0.6) is 0 Å². The second-order valence-corrected chi connectivity index (χ2v) is 9.57. The van der Waals surface area contributed by atoms with E-state index in [-0.39, 0.29) is 17.4 Å². The van der Waals surface area contributed by atoms with Gasteiger partial charge in [0.05, 0.1) is 0 Å². The first kappa shape index (κ1) is 21.6. The van der Waals surface area contributed by atoms with Gasteiger partial charge in [0.2, 0.25) is 5.91 Å². The van der Waals surface area contributed by atoms with Crippen LogP contribution in [0, 0.1) is 9.49 Å². The summed E-state index contributed by atoms with van der Waals surface area (Å²) in [5, 5.41) is 2.89. The number of halogens is 1. The molecule has 1 unspecified atom stereocenters. The zero-order chi connectivity index (χ0) is 21.2. The standard InChI is InChI=1S/C24H27IN2O2/c1-16(2)14-24(4)23(29)27(24)15-19-7-5-6-18(13-19)12-17(3)22(28)26-21-10-8-20(25)9-11-21/h5-11,13,16H,3,12,14-15H2,1-2,4H3,(H,26,28). The number of hydrogen-bond acceptors (Lipinski definition) is 2. The molecule has 0 saturated carbocycles. The number of benzene rings is 2. The molecule has 2 aromatic carbocycles. The van der Waals surface area contributed by atoms with Crippen molar-refractivity contribution < 1.29 is 9.59 Å². The third-order valence-electron chi connectivity index (χ3n) is 5.23. The Morgan fingerprint density at radius 1 is 1.17 bits per heavy atom. The Kier molecular flexibility index (Phi) is 6.46. The predicted octanol–water partition coefficient (Wildman–Crippen LogP) is 5.18. The lowest BCUT2D eigenvalue weighted by molar-refractivity contribution is -0.114. The summed E-state index contributed by atoms with van der Waals surface area (Å²) < 4.78 is 1.12. The molecule has 0 spiro atoms. The Bertz CT molecular complexity index is 936. The van der Waals surface area contributed by atoms with Gasteiger partial charge in [0.1, 0.15) is 5.54 Å². The lowest BCUT2D eigenvalue weighted by Gasteiger charge is -2.13. The Balaban J connectivity index is 1.59. The summed E-state index contributed by atoms with van der Waals surface area (Å²) in [6.45, 7) is 10.9. The summed E-state index contributed by atoms with van der Waals surface area (Å²) >= 11 is 2.23. The first-order valence-corrected chi connectivity index (χ1v) is 10.9. The van der Waals surface area contributed by atoms with Crippen LogP contribution in [-0.4, -0.2) is 22.3 Å². The Morgan fingerprint density at radius 3 is 2.48 bits per heavy atom. The quantitative estimate of drug-likeness (QED) is 0.308. The molecule has 4 nitrogen and oxygen atoms in total. The van der Waals surface area contributed by atoms with Gasteiger partial charge in [-0.3, -0.25) is 9.59 Å². The van der Waals surface area contributed by atoms with E-state index < -0.39 is 0 Å². The molecule has 1 heterocycles. The van der Waals surface area contributed by atoms with Crippen molar-refractivity contribution in [2.24, 2.45) is 5.92 Å². The number of anilines is 1. The number of nitrogens with one attached hydrogen (secondary N) is 1. The number of nitrogens with zero attached hydrogens (tertiary/aromatic N) is 1. The summed E-state index contributed by atoms with van der Waals surface area (Å²) in [7, 11) is 0. The minimum Gasteiger partial charge on any atom is -0.322 e. The molecule has 0 bridgehead atoms. The molecule has 1 atom stereocenters. The van der Waals surface area contributed by atoms with Crippen molar-refractivity contribution in [3.8, 4) is 0 Å². The maximum Gasteiger partial charge on any atom is 0.251 e. The molecule has 0 radical (unpaired) electrons. The number of hydrogen-bond donors (Lipinski definition) is 1. The van der Waals surface area contributed by atoms with Crippen LogP contribution in [0.25, 0.3) is 0 Å². The lowest BCUT2D eigenvalue weighted by atomic mass is 9.98. The monoisotopic (exact) mass is 502 g/mol. The van der Waals surface area contributed by atoms with Crippen LogP contribution in [0.4, 0.5) is 5.69 Å². The Morgan fingerprint density at radius 2 is 1.83 bits per heavy atom. The smallest absolute Gasteiger partial charge is 0.251 e. The zero-order valence-corrected chi connectivity index (χ0v) is 19.3. The average molecular weight is 502 g/mol. The van der Waals surface area contributed by atoms with Gasteiger partial charge in [-0.25, -0.2) is 0 Å². The fourth-order valence-electron chi connectivity index (χ4n) is 3.74. The van der Waals surface area contributed by atoms with E-state index >= 15 is 0 Å². The van der Waals surface area contributed by atoms with Crippen molar-refractivity contribution in [3.63, 3.8) is 0 Å². The van der Waals surface area contributed by atoms with Crippen molar-refractivity contribution in [2.45, 2.75) is 45.7 Å². The highest BCUT2D eigenvalue weighted by Crippen LogP contribution is 2.40. The molecule has 152 valence electrons. The minimum atomic E-state index is -0.332. The predicted molar refractivity (Wildman–Crippen MR) is 125 cm³/mol. The summed E-state index contributed by atoms with van der Waals surface area (Å²) in [5.41, 5.74) is 3.03. The van der Waals surface area contributed by atoms with Gasteiger partial charge in [-0.2, -0.15) is 0 Å². The molecule has 1 N–H and O–H groups in total. The SMILES string of the molecule is C=C(Cc1cccc(CN2C(=O)C2(C)CC(C)C)c1)C(=O)Nc1ccc(I)cc1.